The van der Waals surface area contributed by atoms with Crippen molar-refractivity contribution in [3.63, 3.8) is 0 Å². The van der Waals surface area contributed by atoms with Crippen molar-refractivity contribution in [3.05, 3.63) is 12.5 Å². The predicted molar refractivity (Wildman–Crippen MR) is 102 cm³/mol. The zero-order chi connectivity index (χ0) is 19.0. The molecule has 2 saturated heterocycles. The summed E-state index contributed by atoms with van der Waals surface area (Å²) in [5.74, 6) is 1.47. The van der Waals surface area contributed by atoms with Gasteiger partial charge < -0.3 is 15.0 Å². The summed E-state index contributed by atoms with van der Waals surface area (Å²) in [5.41, 5.74) is 0.952. The number of aromatic nitrogens is 4. The van der Waals surface area contributed by atoms with Gasteiger partial charge in [-0.15, -0.1) is 0 Å². The molecular weight excluding hydrogens is 344 g/mol. The van der Waals surface area contributed by atoms with Crippen LogP contribution in [0, 0.1) is 17.3 Å². The highest BCUT2D eigenvalue weighted by molar-refractivity contribution is 5.86. The third-order valence-corrected chi connectivity index (χ3v) is 6.15. The first-order chi connectivity index (χ1) is 13.0. The number of aryl methyl sites for hydroxylation is 1. The molecule has 1 unspecified atom stereocenters. The number of nitrogens with one attached hydrogen (secondary N) is 1. The molecule has 8 nitrogen and oxygen atoms in total. The summed E-state index contributed by atoms with van der Waals surface area (Å²) in [4.78, 5) is 23.4. The third-order valence-electron chi connectivity index (χ3n) is 6.15. The van der Waals surface area contributed by atoms with E-state index in [2.05, 4.69) is 25.3 Å². The Morgan fingerprint density at radius 2 is 2.15 bits per heavy atom. The molecule has 1 spiro atoms. The van der Waals surface area contributed by atoms with Gasteiger partial charge in [0.15, 0.2) is 5.65 Å². The Kier molecular flexibility index (Phi) is 4.75. The van der Waals surface area contributed by atoms with E-state index in [0.29, 0.717) is 5.92 Å². The van der Waals surface area contributed by atoms with Gasteiger partial charge in [0.1, 0.15) is 12.1 Å². The molecule has 2 aliphatic rings. The largest absolute Gasteiger partial charge is 0.381 e. The number of likely N-dealkylation sites (tertiary alicyclic amines) is 1. The van der Waals surface area contributed by atoms with Crippen LogP contribution in [0.2, 0.25) is 0 Å². The van der Waals surface area contributed by atoms with Crippen molar-refractivity contribution in [3.8, 4) is 0 Å². The fourth-order valence-corrected chi connectivity index (χ4v) is 4.51. The Morgan fingerprint density at radius 3 is 2.89 bits per heavy atom. The summed E-state index contributed by atoms with van der Waals surface area (Å²) < 4.78 is 7.37. The molecular formula is C19H28N6O2. The van der Waals surface area contributed by atoms with E-state index in [-0.39, 0.29) is 17.2 Å². The van der Waals surface area contributed by atoms with Crippen molar-refractivity contribution in [2.45, 2.75) is 26.7 Å². The first-order valence-corrected chi connectivity index (χ1v) is 9.73. The second-order valence-corrected chi connectivity index (χ2v) is 8.15. The maximum absolute atomic E-state index is 12.6. The van der Waals surface area contributed by atoms with Crippen LogP contribution in [0.25, 0.3) is 11.0 Å². The van der Waals surface area contributed by atoms with Crippen molar-refractivity contribution in [2.75, 3.05) is 38.2 Å². The van der Waals surface area contributed by atoms with E-state index in [1.165, 1.54) is 0 Å². The minimum atomic E-state index is 0.0329. The summed E-state index contributed by atoms with van der Waals surface area (Å²) in [6.07, 6.45) is 5.38. The van der Waals surface area contributed by atoms with Gasteiger partial charge in [0.2, 0.25) is 5.91 Å². The van der Waals surface area contributed by atoms with Crippen LogP contribution in [0.5, 0.6) is 0 Å². The minimum absolute atomic E-state index is 0.0329. The van der Waals surface area contributed by atoms with E-state index >= 15 is 0 Å². The Morgan fingerprint density at radius 1 is 1.37 bits per heavy atom. The molecule has 1 amide bonds. The van der Waals surface area contributed by atoms with Crippen LogP contribution in [-0.2, 0) is 16.6 Å². The van der Waals surface area contributed by atoms with Crippen molar-refractivity contribution >= 4 is 22.8 Å². The van der Waals surface area contributed by atoms with Crippen LogP contribution in [0.1, 0.15) is 26.7 Å². The van der Waals surface area contributed by atoms with Crippen LogP contribution in [0.4, 0.5) is 5.82 Å². The average Bonchev–Trinajstić information content (AvgIpc) is 3.21. The molecule has 146 valence electrons. The van der Waals surface area contributed by atoms with Gasteiger partial charge in [0.05, 0.1) is 11.6 Å². The van der Waals surface area contributed by atoms with Gasteiger partial charge in [-0.1, -0.05) is 13.8 Å². The Hall–Kier alpha value is -2.22. The maximum Gasteiger partial charge on any atom is 0.225 e. The van der Waals surface area contributed by atoms with Gasteiger partial charge in [-0.25, -0.2) is 9.97 Å². The molecule has 0 radical (unpaired) electrons. The SMILES string of the molecule is CC(C)C(=O)N1CC(CNc2ncnc3c2cnn3C)C2(CCOCC2)C1. The van der Waals surface area contributed by atoms with Crippen LogP contribution in [0.15, 0.2) is 12.5 Å². The second kappa shape index (κ2) is 7.07. The lowest BCUT2D eigenvalue weighted by Crippen LogP contribution is -2.40. The summed E-state index contributed by atoms with van der Waals surface area (Å²) in [5, 5.41) is 8.72. The van der Waals surface area contributed by atoms with Gasteiger partial charge >= 0.3 is 0 Å². The van der Waals surface area contributed by atoms with E-state index in [0.717, 1.165) is 62.5 Å². The van der Waals surface area contributed by atoms with Gasteiger partial charge in [-0.3, -0.25) is 9.48 Å². The Bertz CT molecular complexity index is 827. The fourth-order valence-electron chi connectivity index (χ4n) is 4.51. The molecule has 8 heteroatoms. The van der Waals surface area contributed by atoms with Crippen molar-refractivity contribution < 1.29 is 9.53 Å². The monoisotopic (exact) mass is 372 g/mol. The molecule has 1 N–H and O–H groups in total. The van der Waals surface area contributed by atoms with E-state index < -0.39 is 0 Å². The van der Waals surface area contributed by atoms with E-state index in [1.807, 2.05) is 20.9 Å². The summed E-state index contributed by atoms with van der Waals surface area (Å²) in [6.45, 7) is 7.93. The molecule has 1 atom stereocenters. The number of rotatable bonds is 4. The second-order valence-electron chi connectivity index (χ2n) is 8.15. The van der Waals surface area contributed by atoms with Crippen LogP contribution in [-0.4, -0.2) is 63.4 Å². The van der Waals surface area contributed by atoms with Gasteiger partial charge in [0, 0.05) is 51.7 Å². The lowest BCUT2D eigenvalue weighted by atomic mass is 9.72. The smallest absolute Gasteiger partial charge is 0.225 e. The minimum Gasteiger partial charge on any atom is -0.381 e. The highest BCUT2D eigenvalue weighted by atomic mass is 16.5. The highest BCUT2D eigenvalue weighted by Gasteiger charge is 2.48. The van der Waals surface area contributed by atoms with E-state index in [4.69, 9.17) is 4.74 Å². The van der Waals surface area contributed by atoms with Crippen molar-refractivity contribution in [1.82, 2.24) is 24.6 Å². The first kappa shape index (κ1) is 18.2. The first-order valence-electron chi connectivity index (χ1n) is 9.73. The van der Waals surface area contributed by atoms with Crippen LogP contribution in [0.3, 0.4) is 0 Å². The number of amides is 1. The number of ether oxygens (including phenoxy) is 1. The third kappa shape index (κ3) is 3.26. The molecule has 2 fully saturated rings. The molecule has 2 aliphatic heterocycles. The number of hydrogen-bond donors (Lipinski definition) is 1. The lowest BCUT2D eigenvalue weighted by molar-refractivity contribution is -0.134. The van der Waals surface area contributed by atoms with Gasteiger partial charge in [0.25, 0.3) is 0 Å². The Labute approximate surface area is 159 Å². The molecule has 27 heavy (non-hydrogen) atoms. The van der Waals surface area contributed by atoms with Crippen molar-refractivity contribution in [2.24, 2.45) is 24.3 Å². The zero-order valence-electron chi connectivity index (χ0n) is 16.3. The molecule has 0 aliphatic carbocycles. The number of nitrogens with zero attached hydrogens (tertiary/aromatic N) is 5. The van der Waals surface area contributed by atoms with E-state index in [1.54, 1.807) is 17.2 Å². The number of anilines is 1. The molecule has 2 aromatic heterocycles. The normalized spacial score (nSPS) is 22.1. The summed E-state index contributed by atoms with van der Waals surface area (Å²) >= 11 is 0. The zero-order valence-corrected chi connectivity index (χ0v) is 16.3. The molecule has 0 saturated carbocycles. The maximum atomic E-state index is 12.6. The van der Waals surface area contributed by atoms with Crippen LogP contribution >= 0.6 is 0 Å². The van der Waals surface area contributed by atoms with Gasteiger partial charge in [-0.2, -0.15) is 5.10 Å². The average molecular weight is 372 g/mol. The number of hydrogen-bond acceptors (Lipinski definition) is 6. The molecule has 0 aromatic carbocycles. The Balaban J connectivity index is 1.54. The number of carbonyl (C=O) groups is 1. The molecule has 4 rings (SSSR count). The van der Waals surface area contributed by atoms with Gasteiger partial charge in [-0.05, 0) is 18.3 Å². The number of carbonyl (C=O) groups excluding carboxylic acids is 1. The molecule has 0 bridgehead atoms. The molecule has 2 aromatic rings. The van der Waals surface area contributed by atoms with Crippen molar-refractivity contribution in [1.29, 1.82) is 0 Å². The topological polar surface area (TPSA) is 85.2 Å². The standard InChI is InChI=1S/C19H28N6O2/c1-13(2)18(26)25-10-14(19(11-25)4-6-27-7-5-19)8-20-16-15-9-23-24(3)17(15)22-12-21-16/h9,12-14H,4-8,10-11H2,1-3H3,(H,20,21,22). The van der Waals surface area contributed by atoms with E-state index in [9.17, 15) is 4.79 Å². The molecule has 4 heterocycles. The van der Waals surface area contributed by atoms with Crippen LogP contribution < -0.4 is 5.32 Å². The highest BCUT2D eigenvalue weighted by Crippen LogP contribution is 2.44. The predicted octanol–water partition coefficient (Wildman–Crippen LogP) is 1.69. The quantitative estimate of drug-likeness (QED) is 0.879. The summed E-state index contributed by atoms with van der Waals surface area (Å²) in [6, 6.07) is 0. The number of fused-ring (bicyclic) bond motifs is 1. The fraction of sp³-hybridized carbons (Fsp3) is 0.684. The summed E-state index contributed by atoms with van der Waals surface area (Å²) in [7, 11) is 1.88. The lowest BCUT2D eigenvalue weighted by Gasteiger charge is -2.38.